The van der Waals surface area contributed by atoms with Crippen molar-refractivity contribution < 1.29 is 21.1 Å². The van der Waals surface area contributed by atoms with E-state index in [0.717, 1.165) is 74.1 Å². The van der Waals surface area contributed by atoms with Crippen LogP contribution < -0.4 is 0 Å². The van der Waals surface area contributed by atoms with Crippen LogP contribution in [0.2, 0.25) is 0 Å². The minimum absolute atomic E-state index is 0. The van der Waals surface area contributed by atoms with E-state index in [1.807, 2.05) is 0 Å². The summed E-state index contributed by atoms with van der Waals surface area (Å²) < 4.78 is 0. The fraction of sp³-hybridized carbons (Fsp3) is 0.579. The minimum Gasteiger partial charge on any atom is -0.354 e. The normalized spacial score (nSPS) is 13.5. The molecule has 3 aromatic heterocycles. The van der Waals surface area contributed by atoms with Gasteiger partial charge in [0.25, 0.3) is 0 Å². The summed E-state index contributed by atoms with van der Waals surface area (Å²) in [6.45, 7) is 47.4. The van der Waals surface area contributed by atoms with Crippen molar-refractivity contribution >= 4 is 44.4 Å². The van der Waals surface area contributed by atoms with E-state index in [-0.39, 0.29) is 42.7 Å². The van der Waals surface area contributed by atoms with Gasteiger partial charge in [-0.1, -0.05) is 224 Å². The Kier molecular flexibility index (Phi) is 22.5. The first-order valence-corrected chi connectivity index (χ1v) is 32.3. The second-order valence-electron chi connectivity index (χ2n) is 28.8. The molecule has 5 heteroatoms. The number of aryl methyl sites for hydroxylation is 4. The Labute approximate surface area is 508 Å². The van der Waals surface area contributed by atoms with Crippen LogP contribution in [0.4, 0.5) is 0 Å². The number of fused-ring (bicyclic) bond motifs is 8. The predicted octanol–water partition coefficient (Wildman–Crippen LogP) is 23.5. The van der Waals surface area contributed by atoms with Crippen molar-refractivity contribution in [2.45, 2.75) is 289 Å². The number of benzene rings is 2. The first-order chi connectivity index (χ1) is 37.7. The summed E-state index contributed by atoms with van der Waals surface area (Å²) in [6.07, 6.45) is 23.4. The summed E-state index contributed by atoms with van der Waals surface area (Å²) in [7, 11) is 0. The molecule has 0 atom stereocenters. The molecule has 7 rings (SSSR count). The Morgan fingerprint density at radius 3 is 0.914 bits per heavy atom. The van der Waals surface area contributed by atoms with Crippen molar-refractivity contribution in [3.63, 3.8) is 0 Å². The van der Waals surface area contributed by atoms with Gasteiger partial charge in [0.15, 0.2) is 0 Å². The molecule has 2 aliphatic rings. The molecule has 0 unspecified atom stereocenters. The first-order valence-electron chi connectivity index (χ1n) is 32.3. The van der Waals surface area contributed by atoms with Crippen molar-refractivity contribution in [3.8, 4) is 22.3 Å². The summed E-state index contributed by atoms with van der Waals surface area (Å²) >= 11 is 0. The summed E-state index contributed by atoms with van der Waals surface area (Å²) in [6, 6.07) is 20.0. The number of aromatic amines is 2. The summed E-state index contributed by atoms with van der Waals surface area (Å²) in [4.78, 5) is 20.8. The van der Waals surface area contributed by atoms with Gasteiger partial charge in [-0.3, -0.25) is 0 Å². The molecule has 0 amide bonds. The molecule has 0 aliphatic carbocycles. The Bertz CT molecular complexity index is 2940. The topological polar surface area (TPSA) is 57.4 Å². The van der Waals surface area contributed by atoms with Gasteiger partial charge in [0.2, 0.25) is 0 Å². The SMILES string of the molecule is CCCCCCC1=C(C)c2nc1cc1[nH]c(c(C)c1CCCCCC)c(-c1cc(C(C)(C)C)cc(C(C)(C)C)c1)c1nc(cc3[nH]c(c(C)c3CCCCCC)c2-c2cc(C(C)(C)C)cc(C(C)(C)C)c2)C(CCCCCC)=C1C.[Pt]. The zero-order valence-electron chi connectivity index (χ0n) is 55.0. The average molecular weight is 1270 g/mol. The van der Waals surface area contributed by atoms with E-state index in [1.165, 1.54) is 188 Å². The molecule has 8 bridgehead atoms. The van der Waals surface area contributed by atoms with E-state index >= 15 is 0 Å². The van der Waals surface area contributed by atoms with Crippen molar-refractivity contribution in [2.24, 2.45) is 0 Å². The van der Waals surface area contributed by atoms with Gasteiger partial charge in [-0.05, 0) is 191 Å². The number of H-pyrrole nitrogens is 2. The van der Waals surface area contributed by atoms with Gasteiger partial charge in [-0.15, -0.1) is 0 Å². The number of nitrogens with zero attached hydrogens (tertiary/aromatic N) is 2. The third kappa shape index (κ3) is 15.4. The second kappa shape index (κ2) is 27.6. The molecule has 81 heavy (non-hydrogen) atoms. The average Bonchev–Trinajstić information content (AvgIpc) is 4.06. The number of nitrogens with one attached hydrogen (secondary N) is 2. The minimum atomic E-state index is -0.0532. The number of allylic oxidation sites excluding steroid dienone is 4. The van der Waals surface area contributed by atoms with Crippen LogP contribution in [0.5, 0.6) is 0 Å². The van der Waals surface area contributed by atoms with Gasteiger partial charge in [0.05, 0.1) is 33.8 Å². The molecular formula is C76H110N4Pt. The standard InChI is InChI=1S/C76H110N4.Pt/c1-21-25-29-33-37-59-49(5)69-67(53-41-55(73(9,10)11)45-56(42-53)74(12,13)14)70-51(7)61(39-35-31-27-23-3)65(79-70)48-66-62(40-36-32-28-24-4)52(8)72(80-66)68(54-43-57(75(15,16)17)46-58(44-54)76(18,19)20)71-50(6)60(38-34-30-26-22-2)64(78-71)47-63(59)77-69;/h41-48,77,80H,21-40H2,1-20H3;. The number of unbranched alkanes of at least 4 members (excludes halogenated alkanes) is 12. The van der Waals surface area contributed by atoms with Gasteiger partial charge in [-0.25, -0.2) is 9.97 Å². The molecule has 0 fully saturated rings. The Balaban J connectivity index is 0.0000106. The smallest absolute Gasteiger partial charge is 0.0769 e. The molecular weight excluding hydrogens is 1160 g/mol. The molecule has 2 aliphatic heterocycles. The quantitative estimate of drug-likeness (QED) is 0.0679. The summed E-state index contributed by atoms with van der Waals surface area (Å²) in [5.41, 5.74) is 30.4. The van der Waals surface area contributed by atoms with Crippen LogP contribution in [0.15, 0.2) is 48.5 Å². The van der Waals surface area contributed by atoms with Crippen LogP contribution in [0.1, 0.15) is 307 Å². The zero-order chi connectivity index (χ0) is 58.5. The van der Waals surface area contributed by atoms with Crippen LogP contribution in [0.25, 0.3) is 66.6 Å². The molecule has 5 heterocycles. The molecule has 0 saturated heterocycles. The maximum atomic E-state index is 6.07. The van der Waals surface area contributed by atoms with Crippen LogP contribution in [0.3, 0.4) is 0 Å². The van der Waals surface area contributed by atoms with Crippen LogP contribution in [0, 0.1) is 13.8 Å². The van der Waals surface area contributed by atoms with Gasteiger partial charge in [0.1, 0.15) is 0 Å². The van der Waals surface area contributed by atoms with Crippen LogP contribution >= 0.6 is 0 Å². The third-order valence-electron chi connectivity index (χ3n) is 18.1. The van der Waals surface area contributed by atoms with Gasteiger partial charge in [-0.2, -0.15) is 0 Å². The Morgan fingerprint density at radius 2 is 0.642 bits per heavy atom. The van der Waals surface area contributed by atoms with Gasteiger partial charge >= 0.3 is 0 Å². The molecule has 2 aromatic carbocycles. The molecule has 5 aromatic rings. The largest absolute Gasteiger partial charge is 0.354 e. The Morgan fingerprint density at radius 1 is 0.358 bits per heavy atom. The summed E-state index contributed by atoms with van der Waals surface area (Å²) in [5.74, 6) is 0. The molecule has 4 nitrogen and oxygen atoms in total. The maximum absolute atomic E-state index is 6.07. The van der Waals surface area contributed by atoms with E-state index in [1.54, 1.807) is 0 Å². The zero-order valence-corrected chi connectivity index (χ0v) is 57.2. The van der Waals surface area contributed by atoms with Crippen molar-refractivity contribution in [3.05, 3.63) is 116 Å². The number of hydrogen-bond donors (Lipinski definition) is 2. The van der Waals surface area contributed by atoms with Gasteiger partial charge < -0.3 is 9.97 Å². The molecule has 0 spiro atoms. The monoisotopic (exact) mass is 1270 g/mol. The number of aromatic nitrogens is 4. The van der Waals surface area contributed by atoms with Crippen molar-refractivity contribution in [2.75, 3.05) is 0 Å². The van der Waals surface area contributed by atoms with Crippen LogP contribution in [-0.4, -0.2) is 19.9 Å². The van der Waals surface area contributed by atoms with E-state index in [9.17, 15) is 0 Å². The first kappa shape index (κ1) is 65.9. The van der Waals surface area contributed by atoms with E-state index < -0.39 is 0 Å². The summed E-state index contributed by atoms with van der Waals surface area (Å²) in [5, 5.41) is 0. The fourth-order valence-electron chi connectivity index (χ4n) is 12.5. The van der Waals surface area contributed by atoms with Crippen molar-refractivity contribution in [1.82, 2.24) is 19.9 Å². The molecule has 0 radical (unpaired) electrons. The number of hydrogen-bond acceptors (Lipinski definition) is 2. The maximum Gasteiger partial charge on any atom is 0.0769 e. The Hall–Kier alpha value is -4.27. The predicted molar refractivity (Wildman–Crippen MR) is 354 cm³/mol. The number of rotatable bonds is 22. The van der Waals surface area contributed by atoms with Crippen molar-refractivity contribution in [1.29, 1.82) is 0 Å². The second-order valence-corrected chi connectivity index (χ2v) is 28.8. The third-order valence-corrected chi connectivity index (χ3v) is 18.1. The van der Waals surface area contributed by atoms with E-state index in [0.29, 0.717) is 0 Å². The van der Waals surface area contributed by atoms with Gasteiger partial charge in [0, 0.05) is 43.2 Å². The van der Waals surface area contributed by atoms with E-state index in [4.69, 9.17) is 9.97 Å². The molecule has 444 valence electrons. The van der Waals surface area contributed by atoms with Crippen LogP contribution in [-0.2, 0) is 55.6 Å². The molecule has 2 N–H and O–H groups in total. The fourth-order valence-corrected chi connectivity index (χ4v) is 12.5. The van der Waals surface area contributed by atoms with E-state index in [2.05, 4.69) is 197 Å². The molecule has 0 saturated carbocycles.